The van der Waals surface area contributed by atoms with E-state index < -0.39 is 12.2 Å². The summed E-state index contributed by atoms with van der Waals surface area (Å²) in [7, 11) is 1.47. The third-order valence-electron chi connectivity index (χ3n) is 7.17. The lowest BCUT2D eigenvalue weighted by Gasteiger charge is -2.35. The molecule has 0 aromatic heterocycles. The zero-order chi connectivity index (χ0) is 26.1. The molecule has 0 unspecified atom stereocenters. The molecule has 37 heavy (non-hydrogen) atoms. The zero-order valence-electron chi connectivity index (χ0n) is 20.7. The quantitative estimate of drug-likeness (QED) is 0.314. The van der Waals surface area contributed by atoms with Gasteiger partial charge in [-0.1, -0.05) is 6.07 Å². The Labute approximate surface area is 215 Å². The molecule has 0 fully saturated rings. The van der Waals surface area contributed by atoms with Crippen LogP contribution in [-0.2, 0) is 25.7 Å². The highest BCUT2D eigenvalue weighted by molar-refractivity contribution is 5.82. The summed E-state index contributed by atoms with van der Waals surface area (Å²) in [4.78, 5) is 0. The Morgan fingerprint density at radius 2 is 1.81 bits per heavy atom. The summed E-state index contributed by atoms with van der Waals surface area (Å²) in [6, 6.07) is 10.6. The number of benzene rings is 3. The topological polar surface area (TPSA) is 129 Å². The molecule has 2 aliphatic rings. The van der Waals surface area contributed by atoms with Crippen LogP contribution in [0.4, 0.5) is 0 Å². The van der Waals surface area contributed by atoms with Gasteiger partial charge >= 0.3 is 0 Å². The summed E-state index contributed by atoms with van der Waals surface area (Å²) < 4.78 is 17.7. The van der Waals surface area contributed by atoms with E-state index in [-0.39, 0.29) is 37.1 Å². The van der Waals surface area contributed by atoms with Crippen LogP contribution in [0.15, 0.2) is 36.4 Å². The average molecular weight is 509 g/mol. The van der Waals surface area contributed by atoms with Crippen molar-refractivity contribution < 1.29 is 39.7 Å². The first-order valence-electron chi connectivity index (χ1n) is 12.5. The van der Waals surface area contributed by atoms with Crippen molar-refractivity contribution in [3.05, 3.63) is 64.2 Å². The van der Waals surface area contributed by atoms with Crippen molar-refractivity contribution in [2.45, 2.75) is 44.3 Å². The van der Waals surface area contributed by atoms with Crippen LogP contribution < -0.4 is 14.2 Å². The Hall–Kier alpha value is -3.46. The van der Waals surface area contributed by atoms with E-state index in [1.54, 1.807) is 24.3 Å². The monoisotopic (exact) mass is 508 g/mol. The maximum Gasteiger partial charge on any atom is 0.161 e. The summed E-state index contributed by atoms with van der Waals surface area (Å²) in [5, 5.41) is 50.4. The van der Waals surface area contributed by atoms with E-state index in [1.807, 2.05) is 12.1 Å². The molecular formula is C29H32O8. The Morgan fingerprint density at radius 3 is 2.57 bits per heavy atom. The third kappa shape index (κ3) is 4.68. The summed E-state index contributed by atoms with van der Waals surface area (Å²) in [6.07, 6.45) is 1.18. The van der Waals surface area contributed by atoms with Gasteiger partial charge in [0.05, 0.1) is 19.8 Å². The second kappa shape index (κ2) is 10.5. The first kappa shape index (κ1) is 25.2. The molecule has 1 aliphatic heterocycles. The number of ether oxygens (including phenoxy) is 3. The minimum Gasteiger partial charge on any atom is -0.508 e. The predicted octanol–water partition coefficient (Wildman–Crippen LogP) is 3.21. The molecule has 1 aliphatic carbocycles. The molecule has 196 valence electrons. The number of rotatable bonds is 8. The molecule has 0 saturated carbocycles. The van der Waals surface area contributed by atoms with Gasteiger partial charge in [-0.25, -0.2) is 0 Å². The SMILES string of the molecule is COc1cc([C@H]2Oc3cc(OCCO)c4c(c3C[C@H]2O)CCc2cc(O)ccc2-4)cc(CCCO)c1O. The molecule has 0 spiro atoms. The lowest BCUT2D eigenvalue weighted by Crippen LogP contribution is -2.31. The van der Waals surface area contributed by atoms with E-state index in [0.717, 1.165) is 34.2 Å². The van der Waals surface area contributed by atoms with Crippen molar-refractivity contribution in [3.63, 3.8) is 0 Å². The number of hydrogen-bond donors (Lipinski definition) is 5. The Bertz CT molecular complexity index is 1300. The molecule has 0 radical (unpaired) electrons. The van der Waals surface area contributed by atoms with E-state index in [4.69, 9.17) is 14.2 Å². The summed E-state index contributed by atoms with van der Waals surface area (Å²) in [5.41, 5.74) is 6.11. The average Bonchev–Trinajstić information content (AvgIpc) is 2.90. The normalized spacial score (nSPS) is 17.8. The predicted molar refractivity (Wildman–Crippen MR) is 137 cm³/mol. The van der Waals surface area contributed by atoms with Gasteiger partial charge in [0.25, 0.3) is 0 Å². The minimum absolute atomic E-state index is 0.00755. The summed E-state index contributed by atoms with van der Waals surface area (Å²) in [6.45, 7) is -0.0269. The van der Waals surface area contributed by atoms with Crippen LogP contribution >= 0.6 is 0 Å². The van der Waals surface area contributed by atoms with Crippen molar-refractivity contribution >= 4 is 0 Å². The van der Waals surface area contributed by atoms with E-state index >= 15 is 0 Å². The molecule has 0 saturated heterocycles. The summed E-state index contributed by atoms with van der Waals surface area (Å²) in [5.74, 6) is 1.69. The molecule has 1 heterocycles. The number of methoxy groups -OCH3 is 1. The third-order valence-corrected chi connectivity index (χ3v) is 7.17. The molecule has 3 aromatic carbocycles. The van der Waals surface area contributed by atoms with Gasteiger partial charge in [0.15, 0.2) is 11.5 Å². The van der Waals surface area contributed by atoms with Gasteiger partial charge in [-0.05, 0) is 77.8 Å². The first-order valence-corrected chi connectivity index (χ1v) is 12.5. The van der Waals surface area contributed by atoms with Crippen LogP contribution in [0.5, 0.6) is 28.7 Å². The van der Waals surface area contributed by atoms with E-state index in [0.29, 0.717) is 48.3 Å². The van der Waals surface area contributed by atoms with Crippen molar-refractivity contribution in [2.75, 3.05) is 26.9 Å². The Kier molecular flexibility index (Phi) is 7.15. The molecule has 8 nitrogen and oxygen atoms in total. The van der Waals surface area contributed by atoms with Gasteiger partial charge < -0.3 is 39.7 Å². The fourth-order valence-electron chi connectivity index (χ4n) is 5.48. The van der Waals surface area contributed by atoms with Gasteiger partial charge in [0.1, 0.15) is 30.0 Å². The van der Waals surface area contributed by atoms with Gasteiger partial charge in [-0.2, -0.15) is 0 Å². The second-order valence-corrected chi connectivity index (χ2v) is 9.49. The van der Waals surface area contributed by atoms with Crippen molar-refractivity contribution in [1.82, 2.24) is 0 Å². The summed E-state index contributed by atoms with van der Waals surface area (Å²) >= 11 is 0. The van der Waals surface area contributed by atoms with Crippen molar-refractivity contribution in [2.24, 2.45) is 0 Å². The van der Waals surface area contributed by atoms with Crippen LogP contribution in [-0.4, -0.2) is 58.6 Å². The van der Waals surface area contributed by atoms with Gasteiger partial charge in [-0.15, -0.1) is 0 Å². The van der Waals surface area contributed by atoms with Crippen LogP contribution in [0.3, 0.4) is 0 Å². The van der Waals surface area contributed by atoms with Crippen LogP contribution in [0.2, 0.25) is 0 Å². The molecular weight excluding hydrogens is 476 g/mol. The number of aromatic hydroxyl groups is 2. The number of aliphatic hydroxyl groups is 3. The molecule has 5 rings (SSSR count). The molecule has 2 atom stereocenters. The van der Waals surface area contributed by atoms with E-state index in [2.05, 4.69) is 0 Å². The zero-order valence-corrected chi connectivity index (χ0v) is 20.7. The lowest BCUT2D eigenvalue weighted by molar-refractivity contribution is 0.0201. The van der Waals surface area contributed by atoms with E-state index in [9.17, 15) is 25.5 Å². The van der Waals surface area contributed by atoms with Crippen molar-refractivity contribution in [1.29, 1.82) is 0 Å². The van der Waals surface area contributed by atoms with Gasteiger partial charge in [0, 0.05) is 30.2 Å². The molecule has 3 aromatic rings. The van der Waals surface area contributed by atoms with Crippen LogP contribution in [0.1, 0.15) is 40.3 Å². The lowest BCUT2D eigenvalue weighted by atomic mass is 9.79. The fourth-order valence-corrected chi connectivity index (χ4v) is 5.48. The minimum atomic E-state index is -0.845. The molecule has 8 heteroatoms. The maximum absolute atomic E-state index is 11.2. The molecule has 0 amide bonds. The largest absolute Gasteiger partial charge is 0.508 e. The highest BCUT2D eigenvalue weighted by Gasteiger charge is 2.35. The number of phenolic OH excluding ortho intramolecular Hbond substituents is 2. The smallest absolute Gasteiger partial charge is 0.161 e. The standard InChI is InChI=1S/C29H32O8/c1-35-26-13-18(11-17(28(26)34)3-2-8-30)29-23(33)14-22-21-6-4-16-12-19(32)5-7-20(16)27(21)25(36-10-9-31)15-24(22)37-29/h5,7,11-13,15,23,29-34H,2-4,6,8-10,14H2,1H3/t23-,29-/m1/s1. The molecule has 5 N–H and O–H groups in total. The first-order chi connectivity index (χ1) is 17.9. The van der Waals surface area contributed by atoms with Gasteiger partial charge in [0.2, 0.25) is 0 Å². The maximum atomic E-state index is 11.2. The van der Waals surface area contributed by atoms with Crippen LogP contribution in [0.25, 0.3) is 11.1 Å². The highest BCUT2D eigenvalue weighted by Crippen LogP contribution is 2.49. The number of aliphatic hydroxyl groups excluding tert-OH is 3. The fraction of sp³-hybridized carbons (Fsp3) is 0.379. The number of aryl methyl sites for hydroxylation is 2. The number of hydrogen-bond acceptors (Lipinski definition) is 8. The van der Waals surface area contributed by atoms with Crippen molar-refractivity contribution in [3.8, 4) is 39.9 Å². The highest BCUT2D eigenvalue weighted by atomic mass is 16.5. The number of phenols is 2. The molecule has 0 bridgehead atoms. The van der Waals surface area contributed by atoms with Gasteiger partial charge in [-0.3, -0.25) is 0 Å². The second-order valence-electron chi connectivity index (χ2n) is 9.49. The number of fused-ring (bicyclic) bond motifs is 5. The van der Waals surface area contributed by atoms with E-state index in [1.165, 1.54) is 7.11 Å². The Balaban J connectivity index is 1.58. The van der Waals surface area contributed by atoms with Crippen LogP contribution in [0, 0.1) is 0 Å². The Morgan fingerprint density at radius 1 is 0.973 bits per heavy atom.